The summed E-state index contributed by atoms with van der Waals surface area (Å²) in [6.07, 6.45) is 1.43. The van der Waals surface area contributed by atoms with Gasteiger partial charge in [0.1, 0.15) is 5.82 Å². The highest BCUT2D eigenvalue weighted by Crippen LogP contribution is 2.08. The molecular formula is C13H14FN3O2. The van der Waals surface area contributed by atoms with E-state index in [-0.39, 0.29) is 23.6 Å². The molecule has 1 aromatic carbocycles. The first-order valence-electron chi connectivity index (χ1n) is 5.84. The van der Waals surface area contributed by atoms with Gasteiger partial charge in [0.15, 0.2) is 0 Å². The standard InChI is InChI=1S/C13H14FN3O2/c1-16-7-5-12(18)17(13(16)19)8-6-15-11-4-2-3-10(14)9-11/h2-5,7,9,15H,6,8H2,1H3. The van der Waals surface area contributed by atoms with E-state index in [9.17, 15) is 14.0 Å². The minimum atomic E-state index is -0.367. The zero-order chi connectivity index (χ0) is 13.8. The predicted molar refractivity (Wildman–Crippen MR) is 70.8 cm³/mol. The number of aryl methyl sites for hydroxylation is 1. The number of halogens is 1. The van der Waals surface area contributed by atoms with E-state index in [4.69, 9.17) is 0 Å². The molecule has 0 radical (unpaired) electrons. The molecule has 1 heterocycles. The fraction of sp³-hybridized carbons (Fsp3) is 0.231. The second-order valence-electron chi connectivity index (χ2n) is 4.14. The molecule has 0 amide bonds. The molecule has 0 unspecified atom stereocenters. The van der Waals surface area contributed by atoms with Crippen LogP contribution in [0.4, 0.5) is 10.1 Å². The SMILES string of the molecule is Cn1ccc(=O)n(CCNc2cccc(F)c2)c1=O. The zero-order valence-corrected chi connectivity index (χ0v) is 10.5. The highest BCUT2D eigenvalue weighted by atomic mass is 19.1. The predicted octanol–water partition coefficient (Wildman–Crippen LogP) is 0.798. The van der Waals surface area contributed by atoms with Gasteiger partial charge in [-0.15, -0.1) is 0 Å². The van der Waals surface area contributed by atoms with Crippen molar-refractivity contribution in [3.63, 3.8) is 0 Å². The van der Waals surface area contributed by atoms with Gasteiger partial charge in [-0.3, -0.25) is 9.36 Å². The second-order valence-corrected chi connectivity index (χ2v) is 4.14. The van der Waals surface area contributed by atoms with Crippen molar-refractivity contribution in [2.24, 2.45) is 7.05 Å². The number of nitrogens with zero attached hydrogens (tertiary/aromatic N) is 2. The van der Waals surface area contributed by atoms with Gasteiger partial charge in [-0.1, -0.05) is 6.07 Å². The maximum absolute atomic E-state index is 13.0. The Bertz CT molecular complexity index is 691. The highest BCUT2D eigenvalue weighted by molar-refractivity contribution is 5.42. The molecule has 0 aliphatic rings. The average molecular weight is 263 g/mol. The lowest BCUT2D eigenvalue weighted by molar-refractivity contribution is 0.606. The monoisotopic (exact) mass is 263 g/mol. The summed E-state index contributed by atoms with van der Waals surface area (Å²) in [7, 11) is 1.58. The molecule has 0 saturated carbocycles. The lowest BCUT2D eigenvalue weighted by Gasteiger charge is -2.08. The van der Waals surface area contributed by atoms with Crippen molar-refractivity contribution in [1.82, 2.24) is 9.13 Å². The van der Waals surface area contributed by atoms with Gasteiger partial charge in [-0.05, 0) is 18.2 Å². The number of nitrogens with one attached hydrogen (secondary N) is 1. The molecule has 0 atom stereocenters. The van der Waals surface area contributed by atoms with Gasteiger partial charge in [0.2, 0.25) is 0 Å². The molecule has 0 spiro atoms. The van der Waals surface area contributed by atoms with E-state index >= 15 is 0 Å². The Morgan fingerprint density at radius 2 is 2.05 bits per heavy atom. The number of benzene rings is 1. The van der Waals surface area contributed by atoms with Crippen LogP contribution >= 0.6 is 0 Å². The minimum absolute atomic E-state index is 0.225. The Balaban J connectivity index is 2.06. The number of rotatable bonds is 4. The third-order valence-electron chi connectivity index (χ3n) is 2.73. The summed E-state index contributed by atoms with van der Waals surface area (Å²) in [5, 5.41) is 2.96. The summed E-state index contributed by atoms with van der Waals surface area (Å²) in [6.45, 7) is 0.589. The van der Waals surface area contributed by atoms with Gasteiger partial charge in [0, 0.05) is 38.1 Å². The summed E-state index contributed by atoms with van der Waals surface area (Å²) in [5.74, 6) is -0.335. The van der Waals surface area contributed by atoms with Crippen LogP contribution in [-0.4, -0.2) is 15.7 Å². The van der Waals surface area contributed by atoms with Crippen LogP contribution in [0, 0.1) is 5.82 Å². The van der Waals surface area contributed by atoms with Crippen LogP contribution in [0.15, 0.2) is 46.1 Å². The quantitative estimate of drug-likeness (QED) is 0.887. The number of hydrogen-bond donors (Lipinski definition) is 1. The first-order valence-corrected chi connectivity index (χ1v) is 5.84. The third kappa shape index (κ3) is 3.09. The molecule has 2 rings (SSSR count). The molecule has 0 aliphatic heterocycles. The van der Waals surface area contributed by atoms with Crippen molar-refractivity contribution in [2.45, 2.75) is 6.54 Å². The normalized spacial score (nSPS) is 10.4. The van der Waals surface area contributed by atoms with Crippen LogP contribution in [0.5, 0.6) is 0 Å². The van der Waals surface area contributed by atoms with Crippen LogP contribution in [-0.2, 0) is 13.6 Å². The van der Waals surface area contributed by atoms with Crippen LogP contribution in [0.2, 0.25) is 0 Å². The van der Waals surface area contributed by atoms with Crippen molar-refractivity contribution < 1.29 is 4.39 Å². The van der Waals surface area contributed by atoms with E-state index < -0.39 is 0 Å². The van der Waals surface area contributed by atoms with Gasteiger partial charge in [-0.2, -0.15) is 0 Å². The van der Waals surface area contributed by atoms with Gasteiger partial charge in [0.05, 0.1) is 0 Å². The summed E-state index contributed by atoms with van der Waals surface area (Å²) in [5.41, 5.74) is -0.0986. The van der Waals surface area contributed by atoms with Gasteiger partial charge in [0.25, 0.3) is 5.56 Å². The van der Waals surface area contributed by atoms with Gasteiger partial charge >= 0.3 is 5.69 Å². The fourth-order valence-electron chi connectivity index (χ4n) is 1.73. The van der Waals surface area contributed by atoms with Crippen LogP contribution in [0.1, 0.15) is 0 Å². The van der Waals surface area contributed by atoms with Crippen molar-refractivity contribution >= 4 is 5.69 Å². The molecule has 0 saturated heterocycles. The smallest absolute Gasteiger partial charge is 0.330 e. The molecule has 19 heavy (non-hydrogen) atoms. The van der Waals surface area contributed by atoms with Crippen LogP contribution in [0.3, 0.4) is 0 Å². The van der Waals surface area contributed by atoms with Crippen molar-refractivity contribution in [2.75, 3.05) is 11.9 Å². The van der Waals surface area contributed by atoms with Gasteiger partial charge in [-0.25, -0.2) is 9.18 Å². The number of hydrogen-bond acceptors (Lipinski definition) is 3. The summed E-state index contributed by atoms with van der Waals surface area (Å²) in [4.78, 5) is 23.3. The Hall–Kier alpha value is -2.37. The first-order chi connectivity index (χ1) is 9.08. The van der Waals surface area contributed by atoms with E-state index in [1.165, 1.54) is 29.0 Å². The Morgan fingerprint density at radius 1 is 1.26 bits per heavy atom. The molecule has 1 N–H and O–H groups in total. The van der Waals surface area contributed by atoms with Crippen molar-refractivity contribution in [3.05, 3.63) is 63.2 Å². The van der Waals surface area contributed by atoms with E-state index in [2.05, 4.69) is 5.32 Å². The maximum Gasteiger partial charge on any atom is 0.330 e. The highest BCUT2D eigenvalue weighted by Gasteiger charge is 2.02. The molecule has 100 valence electrons. The summed E-state index contributed by atoms with van der Waals surface area (Å²) in [6, 6.07) is 7.35. The maximum atomic E-state index is 13.0. The lowest BCUT2D eigenvalue weighted by Crippen LogP contribution is -2.39. The fourth-order valence-corrected chi connectivity index (χ4v) is 1.73. The molecule has 5 nitrogen and oxygen atoms in total. The average Bonchev–Trinajstić information content (AvgIpc) is 2.38. The molecular weight excluding hydrogens is 249 g/mol. The topological polar surface area (TPSA) is 56.0 Å². The Labute approximate surface area is 108 Å². The second kappa shape index (κ2) is 5.51. The number of anilines is 1. The van der Waals surface area contributed by atoms with Crippen LogP contribution in [0.25, 0.3) is 0 Å². The summed E-state index contributed by atoms with van der Waals surface area (Å²) < 4.78 is 15.4. The molecule has 2 aromatic rings. The Morgan fingerprint density at radius 3 is 2.79 bits per heavy atom. The van der Waals surface area contributed by atoms with E-state index in [0.717, 1.165) is 4.57 Å². The van der Waals surface area contributed by atoms with E-state index in [1.54, 1.807) is 19.2 Å². The summed E-state index contributed by atoms with van der Waals surface area (Å²) >= 11 is 0. The van der Waals surface area contributed by atoms with E-state index in [0.29, 0.717) is 12.2 Å². The number of aromatic nitrogens is 2. The Kier molecular flexibility index (Phi) is 3.79. The molecule has 1 aromatic heterocycles. The largest absolute Gasteiger partial charge is 0.383 e. The first kappa shape index (κ1) is 13.1. The van der Waals surface area contributed by atoms with Crippen molar-refractivity contribution in [1.29, 1.82) is 0 Å². The third-order valence-corrected chi connectivity index (χ3v) is 2.73. The molecule has 0 fully saturated rings. The molecule has 0 bridgehead atoms. The zero-order valence-electron chi connectivity index (χ0n) is 10.5. The van der Waals surface area contributed by atoms with Crippen molar-refractivity contribution in [3.8, 4) is 0 Å². The van der Waals surface area contributed by atoms with E-state index in [1.807, 2.05) is 0 Å². The lowest BCUT2D eigenvalue weighted by atomic mass is 10.3. The molecule has 6 heteroatoms. The molecule has 0 aliphatic carbocycles. The van der Waals surface area contributed by atoms with Crippen LogP contribution < -0.4 is 16.6 Å². The van der Waals surface area contributed by atoms with Gasteiger partial charge < -0.3 is 9.88 Å². The minimum Gasteiger partial charge on any atom is -0.383 e.